The normalized spacial score (nSPS) is 25.1. The number of aliphatic hydroxyl groups excluding tert-OH is 2. The van der Waals surface area contributed by atoms with E-state index in [4.69, 9.17) is 18.9 Å². The SMILES string of the molecule is O[C@H]1[C@@H](OCc2ccccc2)[C@@H](COCc2ccccc2)O[C@@H](O)[C@H]1OCc1ccccc1. The van der Waals surface area contributed by atoms with E-state index in [-0.39, 0.29) is 13.2 Å². The molecular formula is C27H30O6. The van der Waals surface area contributed by atoms with Crippen LogP contribution < -0.4 is 0 Å². The molecule has 4 rings (SSSR count). The predicted octanol–water partition coefficient (Wildman–Crippen LogP) is 3.45. The Kier molecular flexibility index (Phi) is 8.60. The summed E-state index contributed by atoms with van der Waals surface area (Å²) in [6.07, 6.45) is -4.72. The van der Waals surface area contributed by atoms with Crippen molar-refractivity contribution in [2.24, 2.45) is 0 Å². The molecule has 1 fully saturated rings. The van der Waals surface area contributed by atoms with Crippen LogP contribution in [0, 0.1) is 0 Å². The molecule has 5 atom stereocenters. The minimum absolute atomic E-state index is 0.161. The fraction of sp³-hybridized carbons (Fsp3) is 0.333. The summed E-state index contributed by atoms with van der Waals surface area (Å²) in [4.78, 5) is 0. The molecule has 1 saturated heterocycles. The maximum absolute atomic E-state index is 11.1. The zero-order valence-electron chi connectivity index (χ0n) is 18.4. The Hall–Kier alpha value is -2.58. The van der Waals surface area contributed by atoms with Gasteiger partial charge in [-0.2, -0.15) is 0 Å². The first kappa shape index (κ1) is 23.6. The van der Waals surface area contributed by atoms with Crippen LogP contribution in [0.25, 0.3) is 0 Å². The van der Waals surface area contributed by atoms with Crippen molar-refractivity contribution in [1.29, 1.82) is 0 Å². The Morgan fingerprint density at radius 2 is 1.06 bits per heavy atom. The molecule has 1 aliphatic rings. The van der Waals surface area contributed by atoms with Gasteiger partial charge in [0.2, 0.25) is 0 Å². The van der Waals surface area contributed by atoms with E-state index >= 15 is 0 Å². The van der Waals surface area contributed by atoms with Crippen molar-refractivity contribution in [2.45, 2.75) is 50.5 Å². The number of hydrogen-bond acceptors (Lipinski definition) is 6. The van der Waals surface area contributed by atoms with E-state index in [0.717, 1.165) is 16.7 Å². The van der Waals surface area contributed by atoms with Crippen LogP contribution in [0.2, 0.25) is 0 Å². The van der Waals surface area contributed by atoms with Gasteiger partial charge in [-0.15, -0.1) is 0 Å². The molecule has 1 heterocycles. The van der Waals surface area contributed by atoms with Gasteiger partial charge in [0.1, 0.15) is 24.4 Å². The van der Waals surface area contributed by atoms with Gasteiger partial charge in [-0.25, -0.2) is 0 Å². The summed E-state index contributed by atoms with van der Waals surface area (Å²) in [7, 11) is 0. The second kappa shape index (κ2) is 12.0. The molecule has 6 nitrogen and oxygen atoms in total. The summed E-state index contributed by atoms with van der Waals surface area (Å²) in [6, 6.07) is 29.1. The molecule has 0 radical (unpaired) electrons. The number of hydrogen-bond donors (Lipinski definition) is 2. The van der Waals surface area contributed by atoms with Crippen LogP contribution in [0.1, 0.15) is 16.7 Å². The Morgan fingerprint density at radius 3 is 1.58 bits per heavy atom. The molecular weight excluding hydrogens is 420 g/mol. The third kappa shape index (κ3) is 6.71. The molecule has 0 bridgehead atoms. The van der Waals surface area contributed by atoms with Gasteiger partial charge in [-0.05, 0) is 16.7 Å². The van der Waals surface area contributed by atoms with E-state index in [1.807, 2.05) is 91.0 Å². The molecule has 0 aromatic heterocycles. The quantitative estimate of drug-likeness (QED) is 0.493. The fourth-order valence-corrected chi connectivity index (χ4v) is 3.83. The van der Waals surface area contributed by atoms with Crippen molar-refractivity contribution >= 4 is 0 Å². The highest BCUT2D eigenvalue weighted by Crippen LogP contribution is 2.27. The van der Waals surface area contributed by atoms with E-state index in [1.54, 1.807) is 0 Å². The maximum atomic E-state index is 11.1. The topological polar surface area (TPSA) is 77.4 Å². The van der Waals surface area contributed by atoms with Gasteiger partial charge in [0, 0.05) is 0 Å². The van der Waals surface area contributed by atoms with Crippen molar-refractivity contribution in [3.8, 4) is 0 Å². The Morgan fingerprint density at radius 1 is 0.606 bits per heavy atom. The largest absolute Gasteiger partial charge is 0.387 e. The van der Waals surface area contributed by atoms with Crippen LogP contribution in [0.4, 0.5) is 0 Å². The first-order chi connectivity index (χ1) is 16.2. The molecule has 1 aliphatic heterocycles. The van der Waals surface area contributed by atoms with Crippen molar-refractivity contribution in [3.05, 3.63) is 108 Å². The molecule has 33 heavy (non-hydrogen) atoms. The summed E-state index contributed by atoms with van der Waals surface area (Å²) in [5, 5.41) is 21.7. The molecule has 174 valence electrons. The lowest BCUT2D eigenvalue weighted by Crippen LogP contribution is -2.60. The Balaban J connectivity index is 1.41. The molecule has 0 amide bonds. The van der Waals surface area contributed by atoms with Gasteiger partial charge in [-0.1, -0.05) is 91.0 Å². The van der Waals surface area contributed by atoms with E-state index in [1.165, 1.54) is 0 Å². The Labute approximate surface area is 194 Å². The lowest BCUT2D eigenvalue weighted by Gasteiger charge is -2.42. The van der Waals surface area contributed by atoms with E-state index < -0.39 is 30.7 Å². The average Bonchev–Trinajstić information content (AvgIpc) is 2.85. The first-order valence-corrected chi connectivity index (χ1v) is 11.1. The lowest BCUT2D eigenvalue weighted by atomic mass is 9.98. The summed E-state index contributed by atoms with van der Waals surface area (Å²) < 4.78 is 23.6. The lowest BCUT2D eigenvalue weighted by molar-refractivity contribution is -0.308. The third-order valence-electron chi connectivity index (χ3n) is 5.60. The van der Waals surface area contributed by atoms with Gasteiger partial charge in [-0.3, -0.25) is 0 Å². The highest BCUT2D eigenvalue weighted by Gasteiger charge is 2.46. The van der Waals surface area contributed by atoms with Gasteiger partial charge < -0.3 is 29.2 Å². The number of ether oxygens (including phenoxy) is 4. The summed E-state index contributed by atoms with van der Waals surface area (Å²) in [6.45, 7) is 1.09. The third-order valence-corrected chi connectivity index (χ3v) is 5.60. The van der Waals surface area contributed by atoms with Crippen molar-refractivity contribution < 1.29 is 29.2 Å². The van der Waals surface area contributed by atoms with E-state index in [9.17, 15) is 10.2 Å². The predicted molar refractivity (Wildman–Crippen MR) is 123 cm³/mol. The molecule has 2 N–H and O–H groups in total. The van der Waals surface area contributed by atoms with Crippen LogP contribution in [-0.2, 0) is 38.8 Å². The maximum Gasteiger partial charge on any atom is 0.184 e. The molecule has 0 saturated carbocycles. The van der Waals surface area contributed by atoms with Crippen LogP contribution in [0.15, 0.2) is 91.0 Å². The summed E-state index contributed by atoms with van der Waals surface area (Å²) in [5.74, 6) is 0. The molecule has 6 heteroatoms. The average molecular weight is 451 g/mol. The van der Waals surface area contributed by atoms with Gasteiger partial charge in [0.05, 0.1) is 26.4 Å². The second-order valence-electron chi connectivity index (χ2n) is 8.08. The van der Waals surface area contributed by atoms with E-state index in [0.29, 0.717) is 13.2 Å². The van der Waals surface area contributed by atoms with Crippen LogP contribution >= 0.6 is 0 Å². The van der Waals surface area contributed by atoms with Crippen molar-refractivity contribution in [1.82, 2.24) is 0 Å². The standard InChI is InChI=1S/C27H30O6/c28-24-25(31-17-21-12-6-2-7-13-21)23(19-30-16-20-10-4-1-5-11-20)33-27(29)26(24)32-18-22-14-8-3-9-15-22/h1-15,23-29H,16-19H2/t23-,24+,25+,26+,27-/m1/s1. The summed E-state index contributed by atoms with van der Waals surface area (Å²) >= 11 is 0. The Bertz CT molecular complexity index is 935. The van der Waals surface area contributed by atoms with Gasteiger partial charge in [0.15, 0.2) is 6.29 Å². The van der Waals surface area contributed by atoms with Gasteiger partial charge in [0.25, 0.3) is 0 Å². The van der Waals surface area contributed by atoms with Crippen LogP contribution in [0.5, 0.6) is 0 Å². The summed E-state index contributed by atoms with van der Waals surface area (Å²) in [5.41, 5.74) is 2.94. The molecule has 3 aromatic rings. The van der Waals surface area contributed by atoms with E-state index in [2.05, 4.69) is 0 Å². The highest BCUT2D eigenvalue weighted by molar-refractivity contribution is 5.15. The monoisotopic (exact) mass is 450 g/mol. The molecule has 0 unspecified atom stereocenters. The number of benzene rings is 3. The van der Waals surface area contributed by atoms with Crippen molar-refractivity contribution in [2.75, 3.05) is 6.61 Å². The zero-order valence-corrected chi connectivity index (χ0v) is 18.4. The minimum Gasteiger partial charge on any atom is -0.387 e. The number of aliphatic hydroxyl groups is 2. The zero-order chi connectivity index (χ0) is 22.9. The van der Waals surface area contributed by atoms with Crippen LogP contribution in [-0.4, -0.2) is 47.5 Å². The highest BCUT2D eigenvalue weighted by atomic mass is 16.7. The molecule has 3 aromatic carbocycles. The number of rotatable bonds is 10. The van der Waals surface area contributed by atoms with Gasteiger partial charge >= 0.3 is 0 Å². The first-order valence-electron chi connectivity index (χ1n) is 11.1. The second-order valence-corrected chi connectivity index (χ2v) is 8.08. The fourth-order valence-electron chi connectivity index (χ4n) is 3.83. The smallest absolute Gasteiger partial charge is 0.184 e. The van der Waals surface area contributed by atoms with Crippen LogP contribution in [0.3, 0.4) is 0 Å². The molecule has 0 aliphatic carbocycles. The molecule has 0 spiro atoms. The minimum atomic E-state index is -1.30. The van der Waals surface area contributed by atoms with Crippen molar-refractivity contribution in [3.63, 3.8) is 0 Å².